The van der Waals surface area contributed by atoms with Crippen molar-refractivity contribution in [2.24, 2.45) is 17.8 Å². The van der Waals surface area contributed by atoms with Crippen LogP contribution in [0.2, 0.25) is 0 Å². The minimum Gasteiger partial charge on any atom is -0.461 e. The fraction of sp³-hybridized carbons (Fsp3) is 0.552. The first kappa shape index (κ1) is 27.1. The number of nitrogens with zero attached hydrogens (tertiary/aromatic N) is 2. The predicted octanol–water partition coefficient (Wildman–Crippen LogP) is 2.88. The van der Waals surface area contributed by atoms with Crippen LogP contribution in [0.4, 0.5) is 0 Å². The molecule has 1 N–H and O–H groups in total. The van der Waals surface area contributed by atoms with Crippen LogP contribution in [-0.2, 0) is 23.9 Å². The number of carbonyl (C=O) groups is 3. The second kappa shape index (κ2) is 10.1. The van der Waals surface area contributed by atoms with Crippen LogP contribution in [-0.4, -0.2) is 75.7 Å². The van der Waals surface area contributed by atoms with Gasteiger partial charge >= 0.3 is 5.97 Å². The zero-order valence-corrected chi connectivity index (χ0v) is 22.1. The highest BCUT2D eigenvalue weighted by atomic mass is 16.6. The second-order valence-corrected chi connectivity index (χ2v) is 10.9. The molecule has 1 spiro atoms. The van der Waals surface area contributed by atoms with Gasteiger partial charge < -0.3 is 24.4 Å². The first-order valence-corrected chi connectivity index (χ1v) is 13.0. The Morgan fingerprint density at radius 3 is 2.51 bits per heavy atom. The normalized spacial score (nSPS) is 32.8. The molecule has 3 aliphatic heterocycles. The molecule has 3 unspecified atom stereocenters. The number of likely N-dealkylation sites (tertiary alicyclic amines) is 1. The van der Waals surface area contributed by atoms with E-state index in [-0.39, 0.29) is 37.0 Å². The topological polar surface area (TPSA) is 96.4 Å². The first-order valence-electron chi connectivity index (χ1n) is 13.0. The Balaban J connectivity index is 1.89. The van der Waals surface area contributed by atoms with Gasteiger partial charge in [0.2, 0.25) is 11.8 Å². The summed E-state index contributed by atoms with van der Waals surface area (Å²) < 4.78 is 12.2. The highest BCUT2D eigenvalue weighted by Gasteiger charge is 2.80. The molecule has 8 nitrogen and oxygen atoms in total. The maximum atomic E-state index is 14.4. The van der Waals surface area contributed by atoms with Crippen LogP contribution in [0.15, 0.2) is 55.6 Å². The average Bonchev–Trinajstić information content (AvgIpc) is 3.38. The number of esters is 1. The second-order valence-electron chi connectivity index (χ2n) is 10.9. The van der Waals surface area contributed by atoms with E-state index in [4.69, 9.17) is 9.47 Å². The van der Waals surface area contributed by atoms with E-state index in [2.05, 4.69) is 13.2 Å². The van der Waals surface area contributed by atoms with Crippen LogP contribution < -0.4 is 0 Å². The Bertz CT molecular complexity index is 1070. The van der Waals surface area contributed by atoms with Crippen molar-refractivity contribution in [2.45, 2.75) is 63.4 Å². The third kappa shape index (κ3) is 4.01. The molecule has 2 amide bonds. The van der Waals surface area contributed by atoms with E-state index < -0.39 is 41.1 Å². The lowest BCUT2D eigenvalue weighted by atomic mass is 9.62. The number of carbonyl (C=O) groups excluding carboxylic acids is 3. The van der Waals surface area contributed by atoms with Crippen molar-refractivity contribution in [2.75, 3.05) is 19.8 Å². The fourth-order valence-corrected chi connectivity index (χ4v) is 6.76. The van der Waals surface area contributed by atoms with Crippen molar-refractivity contribution >= 4 is 17.8 Å². The summed E-state index contributed by atoms with van der Waals surface area (Å²) in [6.07, 6.45) is 3.57. The third-order valence-corrected chi connectivity index (χ3v) is 8.51. The van der Waals surface area contributed by atoms with Crippen LogP contribution in [0.25, 0.3) is 0 Å². The van der Waals surface area contributed by atoms with Gasteiger partial charge in [0, 0.05) is 12.6 Å². The molecule has 4 rings (SSSR count). The zero-order chi connectivity index (χ0) is 27.1. The Morgan fingerprint density at radius 1 is 1.27 bits per heavy atom. The van der Waals surface area contributed by atoms with Crippen molar-refractivity contribution in [3.05, 3.63) is 61.2 Å². The van der Waals surface area contributed by atoms with Gasteiger partial charge in [-0.15, -0.1) is 6.58 Å². The van der Waals surface area contributed by atoms with Gasteiger partial charge in [0.15, 0.2) is 0 Å². The number of amides is 2. The Hall–Kier alpha value is -2.97. The van der Waals surface area contributed by atoms with Crippen LogP contribution in [0.1, 0.15) is 45.7 Å². The Labute approximate surface area is 218 Å². The van der Waals surface area contributed by atoms with E-state index in [1.165, 1.54) is 11.0 Å². The van der Waals surface area contributed by atoms with E-state index in [1.807, 2.05) is 58.0 Å². The molecule has 37 heavy (non-hydrogen) atoms. The minimum absolute atomic E-state index is 0.0174. The summed E-state index contributed by atoms with van der Waals surface area (Å²) in [6, 6.07) is 7.18. The summed E-state index contributed by atoms with van der Waals surface area (Å²) in [4.78, 5) is 45.3. The summed E-state index contributed by atoms with van der Waals surface area (Å²) in [5.41, 5.74) is -1.49. The number of fused-ring (bicyclic) bond motifs is 1. The van der Waals surface area contributed by atoms with E-state index in [9.17, 15) is 19.5 Å². The molecule has 3 aliphatic rings. The van der Waals surface area contributed by atoms with Crippen LogP contribution in [0.5, 0.6) is 0 Å². The number of aliphatic hydroxyl groups excluding tert-OH is 1. The van der Waals surface area contributed by atoms with Gasteiger partial charge in [0.1, 0.15) is 24.2 Å². The maximum absolute atomic E-state index is 14.4. The van der Waals surface area contributed by atoms with Gasteiger partial charge in [0.25, 0.3) is 0 Å². The summed E-state index contributed by atoms with van der Waals surface area (Å²) in [7, 11) is 0. The van der Waals surface area contributed by atoms with Gasteiger partial charge in [-0.25, -0.2) is 0 Å². The Morgan fingerprint density at radius 2 is 1.95 bits per heavy atom. The van der Waals surface area contributed by atoms with E-state index in [0.29, 0.717) is 18.5 Å². The highest BCUT2D eigenvalue weighted by Crippen LogP contribution is 2.66. The average molecular weight is 511 g/mol. The Kier molecular flexibility index (Phi) is 7.36. The molecule has 3 heterocycles. The predicted molar refractivity (Wildman–Crippen MR) is 138 cm³/mol. The van der Waals surface area contributed by atoms with Gasteiger partial charge in [0.05, 0.1) is 24.2 Å². The summed E-state index contributed by atoms with van der Waals surface area (Å²) in [5, 5.41) is 10.6. The van der Waals surface area contributed by atoms with E-state index in [1.54, 1.807) is 11.0 Å². The summed E-state index contributed by atoms with van der Waals surface area (Å²) in [6.45, 7) is 15.0. The van der Waals surface area contributed by atoms with Gasteiger partial charge in [-0.05, 0) is 38.7 Å². The number of benzene rings is 1. The lowest BCUT2D eigenvalue weighted by molar-refractivity contribution is -0.163. The molecule has 0 aliphatic carbocycles. The minimum atomic E-state index is -1.23. The fourth-order valence-electron chi connectivity index (χ4n) is 6.76. The maximum Gasteiger partial charge on any atom is 0.313 e. The van der Waals surface area contributed by atoms with E-state index >= 15 is 0 Å². The van der Waals surface area contributed by atoms with Crippen molar-refractivity contribution in [1.29, 1.82) is 0 Å². The lowest BCUT2D eigenvalue weighted by Crippen LogP contribution is -2.58. The molecule has 0 radical (unpaired) electrons. The SMILES string of the molecule is C=CCOC(=O)[C@H]1[C@H]2C(=O)N([C@H](CO)c3ccccc3)C(C(=O)N(CC=C)C(C)C)C23CC(C)[C@]1(C)O3. The molecule has 2 bridgehead atoms. The van der Waals surface area contributed by atoms with Crippen LogP contribution >= 0.6 is 0 Å². The number of rotatable bonds is 10. The van der Waals surface area contributed by atoms with Gasteiger partial charge in [-0.2, -0.15) is 0 Å². The summed E-state index contributed by atoms with van der Waals surface area (Å²) in [5.74, 6) is -3.09. The number of hydrogen-bond acceptors (Lipinski definition) is 6. The smallest absolute Gasteiger partial charge is 0.313 e. The highest BCUT2D eigenvalue weighted by molar-refractivity contribution is 5.99. The molecule has 1 aromatic carbocycles. The molecule has 200 valence electrons. The number of hydrogen-bond donors (Lipinski definition) is 1. The molecule has 8 heteroatoms. The molecule has 7 atom stereocenters. The van der Waals surface area contributed by atoms with Crippen molar-refractivity contribution in [3.63, 3.8) is 0 Å². The quantitative estimate of drug-likeness (QED) is 0.384. The van der Waals surface area contributed by atoms with Crippen molar-refractivity contribution in [1.82, 2.24) is 9.80 Å². The third-order valence-electron chi connectivity index (χ3n) is 8.51. The molecule has 0 saturated carbocycles. The lowest BCUT2D eigenvalue weighted by Gasteiger charge is -2.40. The van der Waals surface area contributed by atoms with Gasteiger partial charge in [-0.3, -0.25) is 14.4 Å². The van der Waals surface area contributed by atoms with Crippen LogP contribution in [0.3, 0.4) is 0 Å². The van der Waals surface area contributed by atoms with Crippen LogP contribution in [0, 0.1) is 17.8 Å². The molecular formula is C29H38N2O6. The molecule has 3 fully saturated rings. The van der Waals surface area contributed by atoms with E-state index in [0.717, 1.165) is 0 Å². The first-order chi connectivity index (χ1) is 17.6. The van der Waals surface area contributed by atoms with Crippen molar-refractivity contribution in [3.8, 4) is 0 Å². The largest absolute Gasteiger partial charge is 0.461 e. The van der Waals surface area contributed by atoms with Crippen molar-refractivity contribution < 1.29 is 29.0 Å². The number of aliphatic hydroxyl groups is 1. The molecule has 3 saturated heterocycles. The van der Waals surface area contributed by atoms with Gasteiger partial charge in [-0.1, -0.05) is 56.0 Å². The standard InChI is InChI=1S/C29H38N2O6/c1-7-14-30(18(3)4)26(34)24-29-16-19(5)28(6,37-29)23(27(35)36-15-8-2)22(29)25(33)31(24)21(17-32)20-12-10-9-11-13-20/h7-13,18-19,21-24,32H,1-2,14-17H2,3-6H3/t19?,21-,22+,23-,24?,28+,29?/m1/s1. The molecular weight excluding hydrogens is 472 g/mol. The number of ether oxygens (including phenoxy) is 2. The summed E-state index contributed by atoms with van der Waals surface area (Å²) >= 11 is 0. The monoisotopic (exact) mass is 510 g/mol. The molecule has 1 aromatic rings. The molecule has 0 aromatic heterocycles. The zero-order valence-electron chi connectivity index (χ0n) is 22.1.